The predicted octanol–water partition coefficient (Wildman–Crippen LogP) is 2.72. The summed E-state index contributed by atoms with van der Waals surface area (Å²) in [5.74, 6) is 0.673. The van der Waals surface area contributed by atoms with E-state index in [0.29, 0.717) is 18.7 Å². The molecule has 2 aliphatic rings. The van der Waals surface area contributed by atoms with Crippen molar-refractivity contribution in [3.63, 3.8) is 0 Å². The molecule has 19 heavy (non-hydrogen) atoms. The SMILES string of the molecule is O=C(CCCl)c1cc2c3c(c1)CCC(=O)N3CCC2. The molecular weight excluding hydrogens is 262 g/mol. The highest BCUT2D eigenvalue weighted by atomic mass is 35.5. The Bertz CT molecular complexity index is 536. The number of anilines is 1. The van der Waals surface area contributed by atoms with E-state index in [9.17, 15) is 9.59 Å². The molecule has 3 nitrogen and oxygen atoms in total. The van der Waals surface area contributed by atoms with Gasteiger partial charge in [-0.25, -0.2) is 0 Å². The number of nitrogens with zero attached hydrogens (tertiary/aromatic N) is 1. The van der Waals surface area contributed by atoms with E-state index >= 15 is 0 Å². The molecular formula is C15H16ClNO2. The fraction of sp³-hybridized carbons (Fsp3) is 0.467. The second-order valence-electron chi connectivity index (χ2n) is 5.15. The number of carbonyl (C=O) groups is 2. The van der Waals surface area contributed by atoms with Gasteiger partial charge in [0.25, 0.3) is 0 Å². The van der Waals surface area contributed by atoms with E-state index in [1.54, 1.807) is 0 Å². The maximum absolute atomic E-state index is 12.0. The van der Waals surface area contributed by atoms with E-state index < -0.39 is 0 Å². The molecule has 0 aliphatic carbocycles. The summed E-state index contributed by atoms with van der Waals surface area (Å²) in [7, 11) is 0. The van der Waals surface area contributed by atoms with Crippen molar-refractivity contribution in [1.29, 1.82) is 0 Å². The lowest BCUT2D eigenvalue weighted by Gasteiger charge is -2.35. The van der Waals surface area contributed by atoms with E-state index in [-0.39, 0.29) is 11.7 Å². The molecule has 0 radical (unpaired) electrons. The Hall–Kier alpha value is -1.35. The van der Waals surface area contributed by atoms with Crippen LogP contribution in [0.25, 0.3) is 0 Å². The third-order valence-corrected chi connectivity index (χ3v) is 4.11. The van der Waals surface area contributed by atoms with Crippen LogP contribution in [0.5, 0.6) is 0 Å². The first-order chi connectivity index (χ1) is 9.20. The second kappa shape index (κ2) is 4.97. The van der Waals surface area contributed by atoms with Crippen LogP contribution in [0.15, 0.2) is 12.1 Å². The Morgan fingerprint density at radius 3 is 2.68 bits per heavy atom. The number of carbonyl (C=O) groups excluding carboxylic acids is 2. The van der Waals surface area contributed by atoms with Gasteiger partial charge < -0.3 is 4.90 Å². The van der Waals surface area contributed by atoms with Crippen molar-refractivity contribution < 1.29 is 9.59 Å². The van der Waals surface area contributed by atoms with Crippen LogP contribution in [-0.4, -0.2) is 24.1 Å². The molecule has 2 heterocycles. The number of hydrogen-bond donors (Lipinski definition) is 0. The number of aryl methyl sites for hydroxylation is 2. The third-order valence-electron chi connectivity index (χ3n) is 3.92. The standard InChI is InChI=1S/C15H16ClNO2/c16-6-5-13(18)12-8-10-2-1-7-17-14(19)4-3-11(9-12)15(10)17/h8-9H,1-7H2. The molecule has 100 valence electrons. The van der Waals surface area contributed by atoms with Crippen molar-refractivity contribution in [3.05, 3.63) is 28.8 Å². The minimum Gasteiger partial charge on any atom is -0.312 e. The zero-order valence-corrected chi connectivity index (χ0v) is 11.5. The van der Waals surface area contributed by atoms with Gasteiger partial charge in [-0.05, 0) is 42.5 Å². The van der Waals surface area contributed by atoms with Gasteiger partial charge in [0.05, 0.1) is 5.69 Å². The Morgan fingerprint density at radius 2 is 1.95 bits per heavy atom. The fourth-order valence-corrected chi connectivity index (χ4v) is 3.22. The van der Waals surface area contributed by atoms with E-state index in [1.165, 1.54) is 0 Å². The lowest BCUT2D eigenvalue weighted by molar-refractivity contribution is -0.119. The number of hydrogen-bond acceptors (Lipinski definition) is 2. The molecule has 1 aromatic carbocycles. The monoisotopic (exact) mass is 277 g/mol. The first-order valence-electron chi connectivity index (χ1n) is 6.76. The number of ketones is 1. The van der Waals surface area contributed by atoms with Crippen LogP contribution < -0.4 is 4.90 Å². The van der Waals surface area contributed by atoms with Gasteiger partial charge in [-0.3, -0.25) is 9.59 Å². The van der Waals surface area contributed by atoms with E-state index in [1.807, 2.05) is 17.0 Å². The normalized spacial score (nSPS) is 17.3. The molecule has 3 rings (SSSR count). The Balaban J connectivity index is 2.06. The molecule has 0 fully saturated rings. The van der Waals surface area contributed by atoms with Crippen LogP contribution in [0, 0.1) is 0 Å². The van der Waals surface area contributed by atoms with Crippen LogP contribution in [0.1, 0.15) is 40.7 Å². The molecule has 0 unspecified atom stereocenters. The molecule has 0 bridgehead atoms. The van der Waals surface area contributed by atoms with Crippen molar-refractivity contribution in [1.82, 2.24) is 0 Å². The molecule has 0 saturated carbocycles. The minimum atomic E-state index is 0.100. The maximum Gasteiger partial charge on any atom is 0.227 e. The first kappa shape index (κ1) is 12.7. The summed E-state index contributed by atoms with van der Waals surface area (Å²) >= 11 is 5.64. The van der Waals surface area contributed by atoms with Crippen molar-refractivity contribution in [2.24, 2.45) is 0 Å². The van der Waals surface area contributed by atoms with Crippen LogP contribution >= 0.6 is 11.6 Å². The Labute approximate surface area is 117 Å². The van der Waals surface area contributed by atoms with Crippen molar-refractivity contribution in [2.75, 3.05) is 17.3 Å². The number of amides is 1. The molecule has 1 aromatic rings. The highest BCUT2D eigenvalue weighted by molar-refractivity contribution is 6.19. The Morgan fingerprint density at radius 1 is 1.21 bits per heavy atom. The molecule has 1 amide bonds. The topological polar surface area (TPSA) is 37.4 Å². The van der Waals surface area contributed by atoms with Gasteiger partial charge in [0.1, 0.15) is 0 Å². The van der Waals surface area contributed by atoms with Gasteiger partial charge in [0, 0.05) is 30.8 Å². The van der Waals surface area contributed by atoms with Crippen LogP contribution in [-0.2, 0) is 17.6 Å². The van der Waals surface area contributed by atoms with E-state index in [0.717, 1.165) is 48.2 Å². The molecule has 4 heteroatoms. The van der Waals surface area contributed by atoms with E-state index in [2.05, 4.69) is 0 Å². The number of rotatable bonds is 3. The summed E-state index contributed by atoms with van der Waals surface area (Å²) in [6.45, 7) is 0.813. The number of benzene rings is 1. The summed E-state index contributed by atoms with van der Waals surface area (Å²) in [5.41, 5.74) is 4.12. The van der Waals surface area contributed by atoms with Gasteiger partial charge in [0.2, 0.25) is 5.91 Å². The molecule has 0 aromatic heterocycles. The number of halogens is 1. The zero-order chi connectivity index (χ0) is 13.4. The molecule has 0 N–H and O–H groups in total. The van der Waals surface area contributed by atoms with Gasteiger partial charge in [-0.1, -0.05) is 0 Å². The lowest BCUT2D eigenvalue weighted by atomic mass is 9.88. The zero-order valence-electron chi connectivity index (χ0n) is 10.7. The summed E-state index contributed by atoms with van der Waals surface area (Å²) < 4.78 is 0. The average Bonchev–Trinajstić information content (AvgIpc) is 2.43. The Kier molecular flexibility index (Phi) is 3.31. The lowest BCUT2D eigenvalue weighted by Crippen LogP contribution is -2.39. The van der Waals surface area contributed by atoms with Crippen molar-refractivity contribution in [3.8, 4) is 0 Å². The first-order valence-corrected chi connectivity index (χ1v) is 7.29. The molecule has 0 spiro atoms. The van der Waals surface area contributed by atoms with Crippen molar-refractivity contribution >= 4 is 29.0 Å². The highest BCUT2D eigenvalue weighted by Crippen LogP contribution is 2.36. The quantitative estimate of drug-likeness (QED) is 0.629. The van der Waals surface area contributed by atoms with Gasteiger partial charge >= 0.3 is 0 Å². The van der Waals surface area contributed by atoms with Gasteiger partial charge in [-0.15, -0.1) is 11.6 Å². The van der Waals surface area contributed by atoms with Crippen LogP contribution in [0.4, 0.5) is 5.69 Å². The third kappa shape index (κ3) is 2.16. The minimum absolute atomic E-state index is 0.100. The smallest absolute Gasteiger partial charge is 0.227 e. The van der Waals surface area contributed by atoms with E-state index in [4.69, 9.17) is 11.6 Å². The van der Waals surface area contributed by atoms with Gasteiger partial charge in [-0.2, -0.15) is 0 Å². The highest BCUT2D eigenvalue weighted by Gasteiger charge is 2.30. The summed E-state index contributed by atoms with van der Waals surface area (Å²) in [5, 5.41) is 0. The predicted molar refractivity (Wildman–Crippen MR) is 75.1 cm³/mol. The summed E-state index contributed by atoms with van der Waals surface area (Å²) in [4.78, 5) is 25.8. The largest absolute Gasteiger partial charge is 0.312 e. The summed E-state index contributed by atoms with van der Waals surface area (Å²) in [6.07, 6.45) is 3.61. The van der Waals surface area contributed by atoms with Crippen LogP contribution in [0.3, 0.4) is 0 Å². The second-order valence-corrected chi connectivity index (χ2v) is 5.53. The van der Waals surface area contributed by atoms with Crippen LogP contribution in [0.2, 0.25) is 0 Å². The number of alkyl halides is 1. The van der Waals surface area contributed by atoms with Crippen molar-refractivity contribution in [2.45, 2.75) is 32.1 Å². The molecule has 0 atom stereocenters. The fourth-order valence-electron chi connectivity index (χ4n) is 3.04. The summed E-state index contributed by atoms with van der Waals surface area (Å²) in [6, 6.07) is 3.91. The average molecular weight is 278 g/mol. The van der Waals surface area contributed by atoms with Gasteiger partial charge in [0.15, 0.2) is 5.78 Å². The molecule has 0 saturated heterocycles. The maximum atomic E-state index is 12.0. The molecule has 2 aliphatic heterocycles. The number of Topliss-reactive ketones (excluding diaryl/α,β-unsaturated/α-hetero) is 1.